The fourth-order valence-electron chi connectivity index (χ4n) is 2.30. The molecule has 0 radical (unpaired) electrons. The van der Waals surface area contributed by atoms with Crippen molar-refractivity contribution in [1.29, 1.82) is 0 Å². The number of hydrogen-bond acceptors (Lipinski definition) is 2. The van der Waals surface area contributed by atoms with Crippen LogP contribution in [0.25, 0.3) is 0 Å². The number of nitrogens with two attached hydrogens (primary N) is 1. The third-order valence-corrected chi connectivity index (χ3v) is 4.68. The highest BCUT2D eigenvalue weighted by Crippen LogP contribution is 2.28. The highest BCUT2D eigenvalue weighted by Gasteiger charge is 2.17. The van der Waals surface area contributed by atoms with Gasteiger partial charge in [-0.25, -0.2) is 4.39 Å². The summed E-state index contributed by atoms with van der Waals surface area (Å²) < 4.78 is 14.6. The lowest BCUT2D eigenvalue weighted by molar-refractivity contribution is 0.238. The molecule has 1 atom stereocenters. The van der Waals surface area contributed by atoms with Crippen molar-refractivity contribution in [2.75, 3.05) is 13.6 Å². The second-order valence-corrected chi connectivity index (χ2v) is 6.19. The molecule has 2 nitrogen and oxygen atoms in total. The predicted molar refractivity (Wildman–Crippen MR) is 88.8 cm³/mol. The molecule has 5 heteroatoms. The Balaban J connectivity index is 2.20. The van der Waals surface area contributed by atoms with Crippen molar-refractivity contribution in [2.45, 2.75) is 12.6 Å². The van der Waals surface area contributed by atoms with Gasteiger partial charge in [-0.1, -0.05) is 35.9 Å². The normalized spacial score (nSPS) is 12.7. The maximum Gasteiger partial charge on any atom is 0.127 e. The summed E-state index contributed by atoms with van der Waals surface area (Å²) >= 11 is 9.44. The smallest absolute Gasteiger partial charge is 0.127 e. The fourth-order valence-corrected chi connectivity index (χ4v) is 2.81. The minimum Gasteiger partial charge on any atom is -0.329 e. The Bertz CT molecular complexity index is 621. The Morgan fingerprint density at radius 3 is 2.62 bits per heavy atom. The molecule has 0 fully saturated rings. The van der Waals surface area contributed by atoms with Gasteiger partial charge in [-0.2, -0.15) is 0 Å². The van der Waals surface area contributed by atoms with Gasteiger partial charge in [0.15, 0.2) is 0 Å². The number of rotatable bonds is 5. The molecule has 0 aliphatic carbocycles. The molecule has 112 valence electrons. The summed E-state index contributed by atoms with van der Waals surface area (Å²) in [4.78, 5) is 2.04. The number of likely N-dealkylation sites (N-methyl/N-ethyl adjacent to an activating group) is 1. The predicted octanol–water partition coefficient (Wildman–Crippen LogP) is 4.37. The van der Waals surface area contributed by atoms with Crippen molar-refractivity contribution in [3.8, 4) is 0 Å². The summed E-state index contributed by atoms with van der Waals surface area (Å²) in [6.45, 7) is 0.938. The lowest BCUT2D eigenvalue weighted by Crippen LogP contribution is -2.30. The lowest BCUT2D eigenvalue weighted by atomic mass is 10.0. The second-order valence-electron chi connectivity index (χ2n) is 4.93. The highest BCUT2D eigenvalue weighted by molar-refractivity contribution is 9.10. The number of benzene rings is 2. The summed E-state index contributed by atoms with van der Waals surface area (Å²) in [6.07, 6.45) is 0. The van der Waals surface area contributed by atoms with Crippen molar-refractivity contribution in [3.05, 3.63) is 68.9 Å². The Labute approximate surface area is 137 Å². The average Bonchev–Trinajstić information content (AvgIpc) is 2.46. The Morgan fingerprint density at radius 1 is 1.29 bits per heavy atom. The van der Waals surface area contributed by atoms with Crippen molar-refractivity contribution >= 4 is 27.5 Å². The zero-order chi connectivity index (χ0) is 15.4. The van der Waals surface area contributed by atoms with Gasteiger partial charge < -0.3 is 5.73 Å². The Morgan fingerprint density at radius 2 is 2.00 bits per heavy atom. The van der Waals surface area contributed by atoms with Gasteiger partial charge in [0, 0.05) is 29.2 Å². The van der Waals surface area contributed by atoms with E-state index in [-0.39, 0.29) is 11.9 Å². The van der Waals surface area contributed by atoms with Crippen molar-refractivity contribution in [1.82, 2.24) is 4.90 Å². The van der Waals surface area contributed by atoms with Crippen molar-refractivity contribution < 1.29 is 4.39 Å². The van der Waals surface area contributed by atoms with Gasteiger partial charge in [0.25, 0.3) is 0 Å². The molecular weight excluding hydrogens is 355 g/mol. The maximum atomic E-state index is 13.8. The van der Waals surface area contributed by atoms with Gasteiger partial charge in [-0.15, -0.1) is 0 Å². The maximum absolute atomic E-state index is 13.8. The Hall–Kier alpha value is -0.940. The van der Waals surface area contributed by atoms with Crippen LogP contribution in [0, 0.1) is 5.82 Å². The molecule has 0 aliphatic heterocycles. The summed E-state index contributed by atoms with van der Waals surface area (Å²) in [5, 5.41) is 0.659. The monoisotopic (exact) mass is 370 g/mol. The number of nitrogens with zero attached hydrogens (tertiary/aromatic N) is 1. The molecule has 0 amide bonds. The van der Waals surface area contributed by atoms with E-state index in [0.717, 1.165) is 10.0 Å². The van der Waals surface area contributed by atoms with Gasteiger partial charge >= 0.3 is 0 Å². The Kier molecular flexibility index (Phi) is 5.76. The molecule has 0 saturated heterocycles. The van der Waals surface area contributed by atoms with Crippen LogP contribution in [0.1, 0.15) is 17.2 Å². The third-order valence-electron chi connectivity index (χ3n) is 3.46. The zero-order valence-corrected chi connectivity index (χ0v) is 14.0. The van der Waals surface area contributed by atoms with E-state index in [1.54, 1.807) is 12.1 Å². The van der Waals surface area contributed by atoms with Crippen LogP contribution >= 0.6 is 27.5 Å². The van der Waals surface area contributed by atoms with E-state index in [1.807, 2.05) is 36.2 Å². The van der Waals surface area contributed by atoms with Crippen LogP contribution < -0.4 is 5.73 Å². The van der Waals surface area contributed by atoms with Crippen LogP contribution in [0.4, 0.5) is 4.39 Å². The zero-order valence-electron chi connectivity index (χ0n) is 11.7. The van der Waals surface area contributed by atoms with Gasteiger partial charge in [-0.3, -0.25) is 4.90 Å². The van der Waals surface area contributed by atoms with Crippen molar-refractivity contribution in [3.63, 3.8) is 0 Å². The fraction of sp³-hybridized carbons (Fsp3) is 0.250. The first-order chi connectivity index (χ1) is 10.0. The molecule has 0 saturated carbocycles. The molecule has 0 heterocycles. The van der Waals surface area contributed by atoms with Gasteiger partial charge in [0.2, 0.25) is 0 Å². The lowest BCUT2D eigenvalue weighted by Gasteiger charge is -2.28. The molecule has 0 aromatic heterocycles. The summed E-state index contributed by atoms with van der Waals surface area (Å²) in [6, 6.07) is 12.5. The third kappa shape index (κ3) is 4.04. The van der Waals surface area contributed by atoms with E-state index in [4.69, 9.17) is 17.3 Å². The minimum absolute atomic E-state index is 0.00169. The second kappa shape index (κ2) is 7.36. The average molecular weight is 372 g/mol. The van der Waals surface area contributed by atoms with E-state index in [0.29, 0.717) is 23.7 Å². The quantitative estimate of drug-likeness (QED) is 0.845. The molecule has 0 spiro atoms. The van der Waals surface area contributed by atoms with Crippen LogP contribution in [0.3, 0.4) is 0 Å². The van der Waals surface area contributed by atoms with E-state index in [2.05, 4.69) is 15.9 Å². The molecule has 1 unspecified atom stereocenters. The largest absolute Gasteiger partial charge is 0.329 e. The standard InChI is InChI=1S/C16H17BrClFN2/c1-21(10-12-4-2-3-5-15(12)19)16(9-20)11-6-7-14(18)13(17)8-11/h2-8,16H,9-10,20H2,1H3. The number of hydrogen-bond donors (Lipinski definition) is 1. The van der Waals surface area contributed by atoms with Crippen LogP contribution in [0.2, 0.25) is 5.02 Å². The van der Waals surface area contributed by atoms with Gasteiger partial charge in [0.05, 0.1) is 5.02 Å². The van der Waals surface area contributed by atoms with Gasteiger partial charge in [-0.05, 0) is 46.7 Å². The highest BCUT2D eigenvalue weighted by atomic mass is 79.9. The molecule has 21 heavy (non-hydrogen) atoms. The van der Waals surface area contributed by atoms with Crippen LogP contribution in [-0.4, -0.2) is 18.5 Å². The first kappa shape index (κ1) is 16.4. The summed E-state index contributed by atoms with van der Waals surface area (Å²) in [5.41, 5.74) is 7.61. The van der Waals surface area contributed by atoms with E-state index < -0.39 is 0 Å². The van der Waals surface area contributed by atoms with Crippen LogP contribution in [0.15, 0.2) is 46.9 Å². The first-order valence-corrected chi connectivity index (χ1v) is 7.78. The molecular formula is C16H17BrClFN2. The topological polar surface area (TPSA) is 29.3 Å². The summed E-state index contributed by atoms with van der Waals surface area (Å²) in [5.74, 6) is -0.197. The molecule has 0 bridgehead atoms. The minimum atomic E-state index is -0.197. The number of halogens is 3. The molecule has 2 aromatic rings. The van der Waals surface area contributed by atoms with Gasteiger partial charge in [0.1, 0.15) is 5.82 Å². The van der Waals surface area contributed by atoms with Crippen molar-refractivity contribution in [2.24, 2.45) is 5.73 Å². The summed E-state index contributed by atoms with van der Waals surface area (Å²) in [7, 11) is 1.94. The molecule has 2 aromatic carbocycles. The van der Waals surface area contributed by atoms with E-state index in [1.165, 1.54) is 6.07 Å². The molecule has 2 N–H and O–H groups in total. The van der Waals surface area contributed by atoms with E-state index in [9.17, 15) is 4.39 Å². The molecule has 2 rings (SSSR count). The van der Waals surface area contributed by atoms with Crippen LogP contribution in [0.5, 0.6) is 0 Å². The molecule has 0 aliphatic rings. The first-order valence-electron chi connectivity index (χ1n) is 6.61. The SMILES string of the molecule is CN(Cc1ccccc1F)C(CN)c1ccc(Cl)c(Br)c1. The van der Waals surface area contributed by atoms with E-state index >= 15 is 0 Å². The van der Waals surface area contributed by atoms with Crippen LogP contribution in [-0.2, 0) is 6.54 Å².